The molecular weight excluding hydrogens is 566 g/mol. The highest BCUT2D eigenvalue weighted by atomic mass is 16.6. The van der Waals surface area contributed by atoms with Crippen molar-refractivity contribution < 1.29 is 43.5 Å². The maximum absolute atomic E-state index is 13.1. The number of aliphatic hydroxyl groups is 2. The largest absolute Gasteiger partial charge is 0.481 e. The number of rotatable bonds is 8. The molecule has 2 N–H and O–H groups in total. The average Bonchev–Trinajstić information content (AvgIpc) is 3.33. The zero-order valence-corrected chi connectivity index (χ0v) is 25.5. The Balaban J connectivity index is 1.18. The summed E-state index contributed by atoms with van der Waals surface area (Å²) in [5, 5.41) is 22.4. The molecule has 6 rings (SSSR count). The summed E-state index contributed by atoms with van der Waals surface area (Å²) in [6.45, 7) is 5.68. The van der Waals surface area contributed by atoms with Crippen LogP contribution in [0.1, 0.15) is 74.8 Å². The number of carbonyl (C=O) groups excluding carboxylic acids is 3. The van der Waals surface area contributed by atoms with Crippen molar-refractivity contribution in [3.63, 3.8) is 0 Å². The Kier molecular flexibility index (Phi) is 7.58. The van der Waals surface area contributed by atoms with Gasteiger partial charge in [-0.05, 0) is 58.8 Å². The number of hydrogen-bond donors (Lipinski definition) is 2. The van der Waals surface area contributed by atoms with Crippen LogP contribution in [0.25, 0.3) is 0 Å². The minimum atomic E-state index is -1.28. The fourth-order valence-electron chi connectivity index (χ4n) is 7.44. The van der Waals surface area contributed by atoms with Crippen molar-refractivity contribution in [2.45, 2.75) is 94.3 Å². The van der Waals surface area contributed by atoms with Gasteiger partial charge in [-0.1, -0.05) is 42.5 Å². The Morgan fingerprint density at radius 3 is 2.52 bits per heavy atom. The number of ether oxygens (including phenoxy) is 4. The lowest BCUT2D eigenvalue weighted by atomic mass is 9.50. The van der Waals surface area contributed by atoms with Crippen LogP contribution in [0.4, 0.5) is 0 Å². The van der Waals surface area contributed by atoms with Gasteiger partial charge in [-0.2, -0.15) is 0 Å². The summed E-state index contributed by atoms with van der Waals surface area (Å²) in [5.74, 6) is -1.27. The molecule has 0 radical (unpaired) electrons. The quantitative estimate of drug-likeness (QED) is 0.341. The molecule has 1 saturated heterocycles. The first kappa shape index (κ1) is 30.3. The zero-order valence-electron chi connectivity index (χ0n) is 25.5. The van der Waals surface area contributed by atoms with Crippen molar-refractivity contribution in [3.05, 3.63) is 76.6 Å². The minimum Gasteiger partial charge on any atom is -0.481 e. The molecule has 2 aliphatic carbocycles. The molecule has 0 aromatic heterocycles. The lowest BCUT2D eigenvalue weighted by molar-refractivity contribution is -0.177. The van der Waals surface area contributed by atoms with Gasteiger partial charge in [0.2, 0.25) is 6.10 Å². The van der Waals surface area contributed by atoms with E-state index in [1.165, 1.54) is 0 Å². The van der Waals surface area contributed by atoms with Crippen LogP contribution in [0.3, 0.4) is 0 Å². The van der Waals surface area contributed by atoms with Gasteiger partial charge >= 0.3 is 17.9 Å². The summed E-state index contributed by atoms with van der Waals surface area (Å²) in [5.41, 5.74) is 0.281. The molecule has 1 spiro atoms. The molecule has 4 aliphatic rings. The molecule has 5 atom stereocenters. The third-order valence-electron chi connectivity index (χ3n) is 9.36. The van der Waals surface area contributed by atoms with Crippen molar-refractivity contribution >= 4 is 17.9 Å². The molecule has 10 heteroatoms. The van der Waals surface area contributed by atoms with Crippen LogP contribution in [-0.4, -0.2) is 70.0 Å². The fraction of sp³-hybridized carbons (Fsp3) is 0.500. The molecule has 0 saturated carbocycles. The second-order valence-electron chi connectivity index (χ2n) is 13.2. The topological polar surface area (TPSA) is 132 Å². The number of hydrogen-bond acceptors (Lipinski definition) is 10. The number of likely N-dealkylation sites (tertiary alicyclic amines) is 1. The SMILES string of the molecule is CN1CC[C@]23c4c5ccc(CO)c4O[C@H]2C(OC(=O)CCC(=O)O[C@H](C(=O)OC(C)(C)C)c2ccccc2)=CC[C@@]3(O)C1C5. The number of benzene rings is 2. The highest BCUT2D eigenvalue weighted by molar-refractivity contribution is 5.83. The van der Waals surface area contributed by atoms with Gasteiger partial charge in [0, 0.05) is 29.2 Å². The molecule has 2 aliphatic heterocycles. The highest BCUT2D eigenvalue weighted by Crippen LogP contribution is 2.64. The van der Waals surface area contributed by atoms with Gasteiger partial charge < -0.3 is 34.1 Å². The van der Waals surface area contributed by atoms with E-state index in [-0.39, 0.29) is 31.9 Å². The van der Waals surface area contributed by atoms with E-state index in [1.807, 2.05) is 19.2 Å². The summed E-state index contributed by atoms with van der Waals surface area (Å²) >= 11 is 0. The van der Waals surface area contributed by atoms with Crippen LogP contribution in [0.15, 0.2) is 54.3 Å². The lowest BCUT2D eigenvalue weighted by Gasteiger charge is -2.61. The maximum Gasteiger partial charge on any atom is 0.352 e. The summed E-state index contributed by atoms with van der Waals surface area (Å²) in [6, 6.07) is 12.3. The molecule has 234 valence electrons. The Hall–Kier alpha value is -3.73. The second kappa shape index (κ2) is 11.0. The van der Waals surface area contributed by atoms with E-state index < -0.39 is 46.7 Å². The van der Waals surface area contributed by atoms with Crippen LogP contribution in [-0.2, 0) is 47.0 Å². The van der Waals surface area contributed by atoms with E-state index in [9.17, 15) is 24.6 Å². The number of nitrogens with zero attached hydrogens (tertiary/aromatic N) is 1. The Morgan fingerprint density at radius 1 is 1.09 bits per heavy atom. The Morgan fingerprint density at radius 2 is 1.82 bits per heavy atom. The molecule has 1 unspecified atom stereocenters. The molecule has 0 amide bonds. The predicted octanol–water partition coefficient (Wildman–Crippen LogP) is 3.41. The van der Waals surface area contributed by atoms with Crippen LogP contribution < -0.4 is 4.74 Å². The van der Waals surface area contributed by atoms with Gasteiger partial charge in [-0.15, -0.1) is 0 Å². The normalized spacial score (nSPS) is 27.4. The first-order valence-corrected chi connectivity index (χ1v) is 15.1. The number of esters is 3. The van der Waals surface area contributed by atoms with Gasteiger partial charge in [0.25, 0.3) is 0 Å². The number of likely N-dealkylation sites (N-methyl/N-ethyl adjacent to an activating group) is 1. The van der Waals surface area contributed by atoms with Gasteiger partial charge in [0.1, 0.15) is 17.1 Å². The van der Waals surface area contributed by atoms with E-state index in [1.54, 1.807) is 57.2 Å². The molecule has 2 aromatic carbocycles. The number of aliphatic hydroxyl groups excluding tert-OH is 1. The average molecular weight is 606 g/mol. The van der Waals surface area contributed by atoms with Crippen LogP contribution >= 0.6 is 0 Å². The van der Waals surface area contributed by atoms with Crippen molar-refractivity contribution in [1.29, 1.82) is 0 Å². The Labute approximate surface area is 256 Å². The van der Waals surface area contributed by atoms with Gasteiger partial charge in [0.15, 0.2) is 6.10 Å². The number of carbonyl (C=O) groups is 3. The summed E-state index contributed by atoms with van der Waals surface area (Å²) < 4.78 is 23.3. The molecular formula is C34H39NO9. The highest BCUT2D eigenvalue weighted by Gasteiger charge is 2.71. The molecule has 10 nitrogen and oxygen atoms in total. The molecule has 1 fully saturated rings. The molecule has 2 aromatic rings. The minimum absolute atomic E-state index is 0.147. The summed E-state index contributed by atoms with van der Waals surface area (Å²) in [6.07, 6.45) is 0.579. The standard InChI is InChI=1S/C34H39NO9/c1-32(2,3)44-31(39)29(20-8-6-5-7-9-20)42-26(38)13-12-25(37)41-23-14-15-34(40)24-18-21-10-11-22(19-36)28-27(21)33(34,30(23)43-28)16-17-35(24)4/h5-11,14,24,29-30,36,40H,12-13,15-19H2,1-4H3/t24?,29-,30-,33-,34+/m0/s1. The summed E-state index contributed by atoms with van der Waals surface area (Å²) in [4.78, 5) is 41.0. The molecule has 2 heterocycles. The van der Waals surface area contributed by atoms with E-state index in [0.717, 1.165) is 17.7 Å². The van der Waals surface area contributed by atoms with Crippen molar-refractivity contribution in [2.24, 2.45) is 0 Å². The van der Waals surface area contributed by atoms with Crippen LogP contribution in [0, 0.1) is 0 Å². The van der Waals surface area contributed by atoms with Crippen molar-refractivity contribution in [2.75, 3.05) is 13.6 Å². The Bertz CT molecular complexity index is 1510. The lowest BCUT2D eigenvalue weighted by Crippen LogP contribution is -2.74. The maximum atomic E-state index is 13.1. The third-order valence-corrected chi connectivity index (χ3v) is 9.36. The summed E-state index contributed by atoms with van der Waals surface area (Å²) in [7, 11) is 2.01. The smallest absolute Gasteiger partial charge is 0.352 e. The van der Waals surface area contributed by atoms with Crippen molar-refractivity contribution in [1.82, 2.24) is 4.90 Å². The van der Waals surface area contributed by atoms with E-state index in [2.05, 4.69) is 4.90 Å². The molecule has 2 bridgehead atoms. The van der Waals surface area contributed by atoms with Crippen LogP contribution in [0.2, 0.25) is 0 Å². The van der Waals surface area contributed by atoms with Gasteiger partial charge in [-0.25, -0.2) is 4.79 Å². The first-order chi connectivity index (χ1) is 20.9. The van der Waals surface area contributed by atoms with Crippen molar-refractivity contribution in [3.8, 4) is 5.75 Å². The predicted molar refractivity (Wildman–Crippen MR) is 157 cm³/mol. The van der Waals surface area contributed by atoms with E-state index in [4.69, 9.17) is 18.9 Å². The van der Waals surface area contributed by atoms with Gasteiger partial charge in [0.05, 0.1) is 30.5 Å². The fourth-order valence-corrected chi connectivity index (χ4v) is 7.44. The zero-order chi connectivity index (χ0) is 31.4. The van der Waals surface area contributed by atoms with E-state index in [0.29, 0.717) is 35.5 Å². The van der Waals surface area contributed by atoms with Gasteiger partial charge in [-0.3, -0.25) is 9.59 Å². The monoisotopic (exact) mass is 605 g/mol. The van der Waals surface area contributed by atoms with E-state index >= 15 is 0 Å². The molecule has 44 heavy (non-hydrogen) atoms. The first-order valence-electron chi connectivity index (χ1n) is 15.1. The number of piperidine rings is 1. The second-order valence-corrected chi connectivity index (χ2v) is 13.2. The third kappa shape index (κ3) is 4.89. The van der Waals surface area contributed by atoms with Crippen LogP contribution in [0.5, 0.6) is 5.75 Å².